The highest BCUT2D eigenvalue weighted by molar-refractivity contribution is 5.85. The van der Waals surface area contributed by atoms with Gasteiger partial charge in [-0.1, -0.05) is 52.7 Å². The van der Waals surface area contributed by atoms with Gasteiger partial charge in [-0.3, -0.25) is 4.79 Å². The molecule has 4 rings (SSSR count). The number of aliphatic hydroxyl groups excluding tert-OH is 2. The number of carboxylic acids is 1. The van der Waals surface area contributed by atoms with E-state index in [1.807, 2.05) is 27.7 Å². The summed E-state index contributed by atoms with van der Waals surface area (Å²) >= 11 is 0. The summed E-state index contributed by atoms with van der Waals surface area (Å²) < 4.78 is 11.8. The fourth-order valence-corrected chi connectivity index (χ4v) is 9.20. The first-order chi connectivity index (χ1) is 16.9. The van der Waals surface area contributed by atoms with E-state index in [9.17, 15) is 25.4 Å². The largest absolute Gasteiger partial charge is 0.481 e. The summed E-state index contributed by atoms with van der Waals surface area (Å²) in [7, 11) is 1.51. The lowest BCUT2D eigenvalue weighted by Crippen LogP contribution is -2.62. The van der Waals surface area contributed by atoms with Gasteiger partial charge in [0.1, 0.15) is 17.6 Å². The van der Waals surface area contributed by atoms with Gasteiger partial charge in [-0.15, -0.1) is 0 Å². The van der Waals surface area contributed by atoms with Gasteiger partial charge in [-0.2, -0.15) is 5.26 Å². The first kappa shape index (κ1) is 27.6. The van der Waals surface area contributed by atoms with Crippen molar-refractivity contribution in [2.45, 2.75) is 91.6 Å². The minimum absolute atomic E-state index is 0.000392. The van der Waals surface area contributed by atoms with Crippen molar-refractivity contribution in [3.8, 4) is 6.07 Å². The summed E-state index contributed by atoms with van der Waals surface area (Å²) in [6, 6.07) is 2.64. The number of aliphatic carboxylic acids is 1. The van der Waals surface area contributed by atoms with Crippen LogP contribution in [0, 0.1) is 63.1 Å². The number of aliphatic hydroxyl groups is 2. The summed E-state index contributed by atoms with van der Waals surface area (Å²) in [5, 5.41) is 43.5. The number of carbonyl (C=O) groups is 1. The number of allylic oxidation sites excluding steroid dienone is 1. The van der Waals surface area contributed by atoms with Gasteiger partial charge in [0.05, 0.1) is 30.3 Å². The lowest BCUT2D eigenvalue weighted by Gasteiger charge is -2.57. The van der Waals surface area contributed by atoms with Gasteiger partial charge >= 0.3 is 5.97 Å². The van der Waals surface area contributed by atoms with Crippen molar-refractivity contribution in [3.05, 3.63) is 11.6 Å². The van der Waals surface area contributed by atoms with Crippen LogP contribution in [0.15, 0.2) is 11.6 Å². The Morgan fingerprint density at radius 2 is 1.83 bits per heavy atom. The Morgan fingerprint density at radius 1 is 1.17 bits per heavy atom. The quantitative estimate of drug-likeness (QED) is 0.385. The summed E-state index contributed by atoms with van der Waals surface area (Å²) in [6.45, 7) is 12.0. The molecule has 3 N–H and O–H groups in total. The van der Waals surface area contributed by atoms with Crippen LogP contribution in [0.1, 0.15) is 67.2 Å². The number of methoxy groups -OCH3 is 1. The molecule has 0 heterocycles. The van der Waals surface area contributed by atoms with Gasteiger partial charge in [0.2, 0.25) is 0 Å². The van der Waals surface area contributed by atoms with Crippen molar-refractivity contribution in [3.63, 3.8) is 0 Å². The van der Waals surface area contributed by atoms with E-state index in [1.165, 1.54) is 7.11 Å². The van der Waals surface area contributed by atoms with Gasteiger partial charge in [0, 0.05) is 12.5 Å². The fourth-order valence-electron chi connectivity index (χ4n) is 9.20. The molecule has 0 aromatic heterocycles. The first-order valence-corrected chi connectivity index (χ1v) is 13.7. The number of nitrogens with zero attached hydrogens (tertiary/aromatic N) is 1. The topological polar surface area (TPSA) is 120 Å². The highest BCUT2D eigenvalue weighted by atomic mass is 16.5. The van der Waals surface area contributed by atoms with E-state index < -0.39 is 46.6 Å². The Labute approximate surface area is 215 Å². The van der Waals surface area contributed by atoms with E-state index in [2.05, 4.69) is 19.1 Å². The van der Waals surface area contributed by atoms with E-state index in [0.29, 0.717) is 18.8 Å². The third kappa shape index (κ3) is 3.33. The SMILES string of the molecule is COC(C(C)C)C(O)C(O)C(C)OCC12CC3C(C)CCC3[C@@]3(C#N)C[C@@H]1C=C(C(C)C)[C@@]23C(=O)O. The molecule has 202 valence electrons. The highest BCUT2D eigenvalue weighted by Gasteiger charge is 2.84. The van der Waals surface area contributed by atoms with Crippen molar-refractivity contribution in [2.24, 2.45) is 51.8 Å². The zero-order valence-electron chi connectivity index (χ0n) is 22.9. The molecule has 0 radical (unpaired) electrons. The Balaban J connectivity index is 1.73. The molecule has 0 spiro atoms. The Bertz CT molecular complexity index is 941. The van der Waals surface area contributed by atoms with Crippen LogP contribution in [0.4, 0.5) is 0 Å². The second kappa shape index (κ2) is 9.38. The minimum atomic E-state index is -1.30. The summed E-state index contributed by atoms with van der Waals surface area (Å²) in [5.74, 6) is -0.153. The Morgan fingerprint density at radius 3 is 2.36 bits per heavy atom. The molecule has 4 aliphatic rings. The molecule has 0 amide bonds. The molecule has 36 heavy (non-hydrogen) atoms. The van der Waals surface area contributed by atoms with Gasteiger partial charge in [0.15, 0.2) is 0 Å². The lowest BCUT2D eigenvalue weighted by atomic mass is 9.43. The molecule has 0 aliphatic heterocycles. The highest BCUT2D eigenvalue weighted by Crippen LogP contribution is 2.83. The van der Waals surface area contributed by atoms with E-state index >= 15 is 0 Å². The number of fused-ring (bicyclic) bond motifs is 2. The third-order valence-electron chi connectivity index (χ3n) is 10.7. The number of nitriles is 1. The minimum Gasteiger partial charge on any atom is -0.481 e. The molecule has 4 bridgehead atoms. The summed E-state index contributed by atoms with van der Waals surface area (Å²) in [5.41, 5.74) is -2.11. The predicted octanol–water partition coefficient (Wildman–Crippen LogP) is 4.03. The monoisotopic (exact) mass is 503 g/mol. The van der Waals surface area contributed by atoms with Crippen LogP contribution in [-0.4, -0.2) is 59.4 Å². The molecule has 0 saturated heterocycles. The number of ether oxygens (including phenoxy) is 2. The Hall–Kier alpha value is -1.46. The molecule has 7 nitrogen and oxygen atoms in total. The average molecular weight is 504 g/mol. The van der Waals surface area contributed by atoms with Crippen molar-refractivity contribution in [1.82, 2.24) is 0 Å². The number of carboxylic acid groups (broad SMARTS) is 1. The molecule has 11 atom stereocenters. The second-order valence-electron chi connectivity index (χ2n) is 12.9. The summed E-state index contributed by atoms with van der Waals surface area (Å²) in [4.78, 5) is 13.5. The average Bonchev–Trinajstić information content (AvgIpc) is 3.39. The molecule has 3 saturated carbocycles. The molecular formula is C29H45NO6. The first-order valence-electron chi connectivity index (χ1n) is 13.7. The van der Waals surface area contributed by atoms with Crippen LogP contribution in [-0.2, 0) is 14.3 Å². The van der Waals surface area contributed by atoms with Crippen LogP contribution >= 0.6 is 0 Å². The maximum absolute atomic E-state index is 13.5. The van der Waals surface area contributed by atoms with E-state index in [1.54, 1.807) is 6.92 Å². The van der Waals surface area contributed by atoms with Crippen LogP contribution < -0.4 is 0 Å². The van der Waals surface area contributed by atoms with Crippen LogP contribution in [0.25, 0.3) is 0 Å². The lowest BCUT2D eigenvalue weighted by molar-refractivity contribution is -0.189. The molecule has 0 aromatic rings. The van der Waals surface area contributed by atoms with Crippen molar-refractivity contribution < 1.29 is 29.6 Å². The van der Waals surface area contributed by atoms with Crippen molar-refractivity contribution in [1.29, 1.82) is 5.26 Å². The molecule has 7 heteroatoms. The van der Waals surface area contributed by atoms with Gasteiger partial charge < -0.3 is 24.8 Å². The van der Waals surface area contributed by atoms with E-state index in [-0.39, 0.29) is 36.2 Å². The normalized spacial score (nSPS) is 42.1. The van der Waals surface area contributed by atoms with Crippen molar-refractivity contribution >= 4 is 5.97 Å². The number of hydrogen-bond donors (Lipinski definition) is 3. The molecular weight excluding hydrogens is 458 g/mol. The molecule has 4 aliphatic carbocycles. The zero-order valence-corrected chi connectivity index (χ0v) is 22.9. The van der Waals surface area contributed by atoms with Crippen LogP contribution in [0.2, 0.25) is 0 Å². The maximum Gasteiger partial charge on any atom is 0.316 e. The smallest absolute Gasteiger partial charge is 0.316 e. The zero-order chi connectivity index (χ0) is 26.8. The second-order valence-corrected chi connectivity index (χ2v) is 12.9. The van der Waals surface area contributed by atoms with E-state index in [0.717, 1.165) is 18.4 Å². The number of rotatable bonds is 10. The molecule has 8 unspecified atom stereocenters. The fraction of sp³-hybridized carbons (Fsp3) is 0.862. The summed E-state index contributed by atoms with van der Waals surface area (Å²) in [6.07, 6.45) is 1.74. The molecule has 3 fully saturated rings. The predicted molar refractivity (Wildman–Crippen MR) is 135 cm³/mol. The standard InChI is InChI=1S/C29H45NO6/c1-15(2)22-10-19-11-27(13-30)21-9-8-17(5)20(21)12-28(19,29(22,27)26(33)34)14-36-18(6)23(31)24(32)25(35-7)16(3)4/h10,15-21,23-25,31-32H,8-9,11-12,14H2,1-7H3,(H,33,34)/t17?,18?,19-,20?,21?,23?,24?,25?,27-,28?,29-/m0/s1. The maximum atomic E-state index is 13.5. The Kier molecular flexibility index (Phi) is 7.18. The third-order valence-corrected chi connectivity index (χ3v) is 10.7. The number of hydrogen-bond acceptors (Lipinski definition) is 6. The van der Waals surface area contributed by atoms with Crippen LogP contribution in [0.3, 0.4) is 0 Å². The van der Waals surface area contributed by atoms with Gasteiger partial charge in [0.25, 0.3) is 0 Å². The molecule has 0 aromatic carbocycles. The van der Waals surface area contributed by atoms with E-state index in [4.69, 9.17) is 9.47 Å². The van der Waals surface area contributed by atoms with Gasteiger partial charge in [-0.05, 0) is 61.7 Å². The van der Waals surface area contributed by atoms with Gasteiger partial charge in [-0.25, -0.2) is 0 Å². The van der Waals surface area contributed by atoms with Crippen molar-refractivity contribution in [2.75, 3.05) is 13.7 Å². The van der Waals surface area contributed by atoms with Crippen LogP contribution in [0.5, 0.6) is 0 Å².